The topological polar surface area (TPSA) is 82.9 Å². The van der Waals surface area contributed by atoms with E-state index in [2.05, 4.69) is 20.8 Å². The fourth-order valence-electron chi connectivity index (χ4n) is 2.16. The molecule has 0 spiro atoms. The second kappa shape index (κ2) is 7.41. The Hall–Kier alpha value is -2.15. The first-order valence-electron chi connectivity index (χ1n) is 7.28. The first-order chi connectivity index (χ1) is 10.8. The van der Waals surface area contributed by atoms with Gasteiger partial charge < -0.3 is 10.6 Å². The maximum absolute atomic E-state index is 12.1. The first-order valence-corrected chi connectivity index (χ1v) is 8.16. The molecule has 23 heavy (non-hydrogen) atoms. The van der Waals surface area contributed by atoms with Crippen molar-refractivity contribution < 1.29 is 9.59 Å². The van der Waals surface area contributed by atoms with Crippen LogP contribution < -0.4 is 10.6 Å². The van der Waals surface area contributed by atoms with Crippen LogP contribution in [0, 0.1) is 13.8 Å². The van der Waals surface area contributed by atoms with Crippen molar-refractivity contribution in [1.29, 1.82) is 0 Å². The number of nitrogens with zero attached hydrogens (tertiary/aromatic N) is 2. The number of carbonyl (C=O) groups excluding carboxylic acids is 2. The molecule has 1 aliphatic heterocycles. The zero-order valence-corrected chi connectivity index (χ0v) is 14.5. The highest BCUT2D eigenvalue weighted by Gasteiger charge is 2.32. The highest BCUT2D eigenvalue weighted by Crippen LogP contribution is 2.23. The molecule has 1 fully saturated rings. The van der Waals surface area contributed by atoms with E-state index in [4.69, 9.17) is 0 Å². The third-order valence-electron chi connectivity index (χ3n) is 2.99. The van der Waals surface area contributed by atoms with Gasteiger partial charge in [0.1, 0.15) is 5.25 Å². The molecule has 1 atom stereocenters. The van der Waals surface area contributed by atoms with Crippen LogP contribution in [-0.2, 0) is 9.59 Å². The lowest BCUT2D eigenvalue weighted by Crippen LogP contribution is -2.28. The molecule has 7 heteroatoms. The smallest absolute Gasteiger partial charge is 0.240 e. The summed E-state index contributed by atoms with van der Waals surface area (Å²) in [5.74, 6) is -0.410. The zero-order chi connectivity index (χ0) is 17.0. The number of aryl methyl sites for hydroxylation is 2. The highest BCUT2D eigenvalue weighted by molar-refractivity contribution is 8.15. The predicted octanol–water partition coefficient (Wildman–Crippen LogP) is 2.62. The van der Waals surface area contributed by atoms with E-state index in [1.165, 1.54) is 11.8 Å². The number of benzene rings is 1. The van der Waals surface area contributed by atoms with Crippen LogP contribution in [0.2, 0.25) is 0 Å². The summed E-state index contributed by atoms with van der Waals surface area (Å²) in [6, 6.07) is 5.84. The molecule has 1 aromatic carbocycles. The molecule has 122 valence electrons. The zero-order valence-electron chi connectivity index (χ0n) is 13.6. The van der Waals surface area contributed by atoms with Gasteiger partial charge in [0.2, 0.25) is 11.8 Å². The van der Waals surface area contributed by atoms with E-state index in [1.807, 2.05) is 45.9 Å². The van der Waals surface area contributed by atoms with E-state index >= 15 is 0 Å². The van der Waals surface area contributed by atoms with Gasteiger partial charge in [0, 0.05) is 17.8 Å². The number of amides is 2. The Balaban J connectivity index is 1.96. The number of nitrogens with one attached hydrogen (secondary N) is 2. The molecule has 0 bridgehead atoms. The molecule has 0 aromatic heterocycles. The average molecular weight is 332 g/mol. The van der Waals surface area contributed by atoms with Crippen molar-refractivity contribution in [2.45, 2.75) is 39.4 Å². The predicted molar refractivity (Wildman–Crippen MR) is 94.9 cm³/mol. The Morgan fingerprint density at radius 3 is 2.52 bits per heavy atom. The molecule has 0 saturated carbocycles. The van der Waals surface area contributed by atoms with E-state index in [9.17, 15) is 9.59 Å². The van der Waals surface area contributed by atoms with Crippen LogP contribution in [0.5, 0.6) is 0 Å². The number of hydrogen-bond acceptors (Lipinski definition) is 5. The summed E-state index contributed by atoms with van der Waals surface area (Å²) in [5, 5.41) is 13.3. The Kier molecular flexibility index (Phi) is 5.54. The van der Waals surface area contributed by atoms with Gasteiger partial charge in [-0.2, -0.15) is 5.10 Å². The van der Waals surface area contributed by atoms with Gasteiger partial charge in [-0.3, -0.25) is 9.59 Å². The fourth-order valence-corrected chi connectivity index (χ4v) is 3.08. The van der Waals surface area contributed by atoms with E-state index < -0.39 is 5.25 Å². The van der Waals surface area contributed by atoms with Crippen LogP contribution in [0.25, 0.3) is 0 Å². The SMILES string of the molecule is CC(C)=N/N=C1/NC(=O)C(CC(=O)Nc2cc(C)cc(C)c2)S1. The van der Waals surface area contributed by atoms with Gasteiger partial charge in [-0.1, -0.05) is 17.8 Å². The lowest BCUT2D eigenvalue weighted by atomic mass is 10.1. The Bertz CT molecular complexity index is 673. The van der Waals surface area contributed by atoms with Crippen LogP contribution in [0.1, 0.15) is 31.4 Å². The minimum atomic E-state index is -0.480. The normalized spacial score (nSPS) is 18.7. The summed E-state index contributed by atoms with van der Waals surface area (Å²) in [7, 11) is 0. The lowest BCUT2D eigenvalue weighted by Gasteiger charge is -2.09. The Morgan fingerprint density at radius 1 is 1.26 bits per heavy atom. The third-order valence-corrected chi connectivity index (χ3v) is 4.07. The number of carbonyl (C=O) groups is 2. The molecule has 1 unspecified atom stereocenters. The minimum absolute atomic E-state index is 0.0946. The molecule has 1 heterocycles. The van der Waals surface area contributed by atoms with E-state index in [0.29, 0.717) is 5.17 Å². The second-order valence-electron chi connectivity index (χ2n) is 5.68. The molecular formula is C16H20N4O2S. The molecular weight excluding hydrogens is 312 g/mol. The largest absolute Gasteiger partial charge is 0.326 e. The Labute approximate surface area is 139 Å². The van der Waals surface area contributed by atoms with E-state index in [0.717, 1.165) is 22.5 Å². The summed E-state index contributed by atoms with van der Waals surface area (Å²) in [6.45, 7) is 7.59. The van der Waals surface area contributed by atoms with Crippen molar-refractivity contribution in [3.63, 3.8) is 0 Å². The Morgan fingerprint density at radius 2 is 1.91 bits per heavy atom. The van der Waals surface area contributed by atoms with Crippen molar-refractivity contribution in [1.82, 2.24) is 5.32 Å². The molecule has 2 rings (SSSR count). The molecule has 6 nitrogen and oxygen atoms in total. The van der Waals surface area contributed by atoms with Gasteiger partial charge >= 0.3 is 0 Å². The number of rotatable bonds is 4. The highest BCUT2D eigenvalue weighted by atomic mass is 32.2. The van der Waals surface area contributed by atoms with Gasteiger partial charge in [0.05, 0.1) is 0 Å². The lowest BCUT2D eigenvalue weighted by molar-refractivity contribution is -0.122. The molecule has 0 radical (unpaired) electrons. The summed E-state index contributed by atoms with van der Waals surface area (Å²) in [5.41, 5.74) is 3.70. The maximum Gasteiger partial charge on any atom is 0.240 e. The molecule has 1 saturated heterocycles. The van der Waals surface area contributed by atoms with Gasteiger partial charge in [-0.25, -0.2) is 0 Å². The van der Waals surface area contributed by atoms with Crippen molar-refractivity contribution in [3.8, 4) is 0 Å². The van der Waals surface area contributed by atoms with Crippen molar-refractivity contribution in [2.75, 3.05) is 5.32 Å². The van der Waals surface area contributed by atoms with Gasteiger partial charge in [-0.05, 0) is 51.0 Å². The quantitative estimate of drug-likeness (QED) is 0.657. The standard InChI is InChI=1S/C16H20N4O2S/c1-9(2)19-20-16-18-15(22)13(23-16)8-14(21)17-12-6-10(3)5-11(4)7-12/h5-7,13H,8H2,1-4H3,(H,17,21)(H,18,20,22). The molecule has 1 aliphatic rings. The van der Waals surface area contributed by atoms with Crippen LogP contribution in [0.15, 0.2) is 28.4 Å². The minimum Gasteiger partial charge on any atom is -0.326 e. The summed E-state index contributed by atoms with van der Waals surface area (Å²) in [6.07, 6.45) is 0.0946. The summed E-state index contributed by atoms with van der Waals surface area (Å²) >= 11 is 1.23. The van der Waals surface area contributed by atoms with Crippen molar-refractivity contribution in [3.05, 3.63) is 29.3 Å². The fraction of sp³-hybridized carbons (Fsp3) is 0.375. The third kappa shape index (κ3) is 5.21. The summed E-state index contributed by atoms with van der Waals surface area (Å²) in [4.78, 5) is 24.0. The number of anilines is 1. The van der Waals surface area contributed by atoms with E-state index in [-0.39, 0.29) is 18.2 Å². The number of amidine groups is 1. The average Bonchev–Trinajstić information content (AvgIpc) is 2.75. The monoisotopic (exact) mass is 332 g/mol. The maximum atomic E-state index is 12.1. The van der Waals surface area contributed by atoms with Crippen LogP contribution in [0.4, 0.5) is 5.69 Å². The number of thioether (sulfide) groups is 1. The van der Waals surface area contributed by atoms with Gasteiger partial charge in [0.15, 0.2) is 5.17 Å². The van der Waals surface area contributed by atoms with Crippen molar-refractivity contribution >= 4 is 40.1 Å². The van der Waals surface area contributed by atoms with Crippen LogP contribution >= 0.6 is 11.8 Å². The molecule has 0 aliphatic carbocycles. The molecule has 2 N–H and O–H groups in total. The molecule has 1 aromatic rings. The van der Waals surface area contributed by atoms with Gasteiger partial charge in [0.25, 0.3) is 0 Å². The second-order valence-corrected chi connectivity index (χ2v) is 6.87. The van der Waals surface area contributed by atoms with Crippen LogP contribution in [-0.4, -0.2) is 27.9 Å². The van der Waals surface area contributed by atoms with Gasteiger partial charge in [-0.15, -0.1) is 5.10 Å². The first kappa shape index (κ1) is 17.2. The van der Waals surface area contributed by atoms with Crippen LogP contribution in [0.3, 0.4) is 0 Å². The van der Waals surface area contributed by atoms with E-state index in [1.54, 1.807) is 0 Å². The number of hydrogen-bond donors (Lipinski definition) is 2. The van der Waals surface area contributed by atoms with Crippen molar-refractivity contribution in [2.24, 2.45) is 10.2 Å². The summed E-state index contributed by atoms with van der Waals surface area (Å²) < 4.78 is 0. The molecule has 2 amide bonds.